The minimum absolute atomic E-state index is 0.0239. The van der Waals surface area contributed by atoms with Gasteiger partial charge in [0.25, 0.3) is 0 Å². The summed E-state index contributed by atoms with van der Waals surface area (Å²) in [5.41, 5.74) is 7.21. The van der Waals surface area contributed by atoms with E-state index in [2.05, 4.69) is 69.4 Å². The zero-order valence-electron chi connectivity index (χ0n) is 38.9. The van der Waals surface area contributed by atoms with Crippen LogP contribution in [-0.4, -0.2) is 109 Å². The van der Waals surface area contributed by atoms with E-state index in [-0.39, 0.29) is 47.7 Å². The molecule has 4 saturated heterocycles. The number of benzene rings is 2. The Morgan fingerprint density at radius 1 is 1.03 bits per heavy atom. The summed E-state index contributed by atoms with van der Waals surface area (Å²) in [7, 11) is -0.550. The van der Waals surface area contributed by atoms with Crippen molar-refractivity contribution in [2.75, 3.05) is 51.6 Å². The van der Waals surface area contributed by atoms with E-state index in [0.29, 0.717) is 58.8 Å². The molecule has 1 amide bonds. The van der Waals surface area contributed by atoms with Crippen molar-refractivity contribution in [3.05, 3.63) is 60.1 Å². The fraction of sp³-hybridized carbons (Fsp3) is 0.560. The van der Waals surface area contributed by atoms with E-state index in [4.69, 9.17) is 33.9 Å². The number of aromatic nitrogens is 3. The van der Waals surface area contributed by atoms with Gasteiger partial charge in [-0.1, -0.05) is 71.7 Å². The van der Waals surface area contributed by atoms with Gasteiger partial charge in [-0.05, 0) is 99.6 Å². The summed E-state index contributed by atoms with van der Waals surface area (Å²) in [6.07, 6.45) is 5.96. The quantitative estimate of drug-likeness (QED) is 0.0626. The SMILES string of the molecule is C=C1CN2CCCC2(COc2nc(N3C[C@H]4CC[C@@H](C3)N4C(=O)OC(C)(C)C)c3cnc(-c4cc(OCOC)cc5cccc(C#C[Si](C(C)C)(C(C)C)C(C)C)c45)c(F)c3n2)C1. The lowest BCUT2D eigenvalue weighted by molar-refractivity contribution is 0.0122. The van der Waals surface area contributed by atoms with Gasteiger partial charge in [0.05, 0.1) is 23.0 Å². The second kappa shape index (κ2) is 17.3. The van der Waals surface area contributed by atoms with Crippen molar-refractivity contribution in [1.29, 1.82) is 0 Å². The van der Waals surface area contributed by atoms with Gasteiger partial charge in [0.2, 0.25) is 0 Å². The van der Waals surface area contributed by atoms with Gasteiger partial charge in [-0.2, -0.15) is 9.97 Å². The van der Waals surface area contributed by atoms with Crippen molar-refractivity contribution >= 4 is 41.7 Å². The zero-order valence-corrected chi connectivity index (χ0v) is 39.9. The number of nitrogens with zero attached hydrogens (tertiary/aromatic N) is 6. The monoisotopic (exact) mass is 876 g/mol. The summed E-state index contributed by atoms with van der Waals surface area (Å²) in [6.45, 7) is 27.0. The molecule has 0 spiro atoms. The van der Waals surface area contributed by atoms with Gasteiger partial charge in [-0.3, -0.25) is 14.8 Å². The molecule has 4 fully saturated rings. The van der Waals surface area contributed by atoms with Crippen molar-refractivity contribution in [3.8, 4) is 34.5 Å². The number of carbonyl (C=O) groups excluding carboxylic acids is 1. The number of carbonyl (C=O) groups is 1. The minimum Gasteiger partial charge on any atom is -0.468 e. The Morgan fingerprint density at radius 3 is 2.41 bits per heavy atom. The highest BCUT2D eigenvalue weighted by Crippen LogP contribution is 2.44. The molecule has 0 saturated carbocycles. The van der Waals surface area contributed by atoms with Crippen LogP contribution in [-0.2, 0) is 9.47 Å². The van der Waals surface area contributed by atoms with Crippen molar-refractivity contribution < 1.29 is 28.1 Å². The number of pyridine rings is 1. The molecule has 4 aliphatic heterocycles. The topological polar surface area (TPSA) is 102 Å². The molecule has 2 bridgehead atoms. The van der Waals surface area contributed by atoms with Crippen LogP contribution in [0.1, 0.15) is 100.0 Å². The largest absolute Gasteiger partial charge is 0.468 e. The number of hydrogen-bond acceptors (Lipinski definition) is 10. The number of piperazine rings is 1. The van der Waals surface area contributed by atoms with Crippen molar-refractivity contribution in [3.63, 3.8) is 0 Å². The van der Waals surface area contributed by atoms with Crippen molar-refractivity contribution in [1.82, 2.24) is 24.8 Å². The van der Waals surface area contributed by atoms with E-state index in [9.17, 15) is 4.79 Å². The fourth-order valence-corrected chi connectivity index (χ4v) is 16.6. The summed E-state index contributed by atoms with van der Waals surface area (Å²) < 4.78 is 41.6. The lowest BCUT2D eigenvalue weighted by atomic mass is 9.94. The molecule has 2 aromatic carbocycles. The first-order valence-corrected chi connectivity index (χ1v) is 25.1. The van der Waals surface area contributed by atoms with Crippen LogP contribution in [0.3, 0.4) is 0 Å². The summed E-state index contributed by atoms with van der Waals surface area (Å²) in [4.78, 5) is 34.8. The molecule has 0 N–H and O–H groups in total. The normalized spacial score (nSPS) is 21.5. The van der Waals surface area contributed by atoms with Gasteiger partial charge in [-0.25, -0.2) is 9.18 Å². The van der Waals surface area contributed by atoms with Crippen LogP contribution in [0.4, 0.5) is 15.0 Å². The average molecular weight is 877 g/mol. The Kier molecular flexibility index (Phi) is 12.3. The molecule has 4 aliphatic rings. The second-order valence-corrected chi connectivity index (χ2v) is 25.8. The van der Waals surface area contributed by atoms with Crippen molar-refractivity contribution in [2.24, 2.45) is 0 Å². The predicted molar refractivity (Wildman–Crippen MR) is 251 cm³/mol. The minimum atomic E-state index is -2.12. The summed E-state index contributed by atoms with van der Waals surface area (Å²) in [5.74, 6) is 4.13. The third kappa shape index (κ3) is 8.39. The number of rotatable bonds is 11. The van der Waals surface area contributed by atoms with Gasteiger partial charge < -0.3 is 23.8 Å². The first-order chi connectivity index (χ1) is 29.9. The lowest BCUT2D eigenvalue weighted by Gasteiger charge is -2.42. The molecule has 3 atom stereocenters. The van der Waals surface area contributed by atoms with E-state index in [0.717, 1.165) is 61.5 Å². The number of halogens is 1. The molecule has 336 valence electrons. The predicted octanol–water partition coefficient (Wildman–Crippen LogP) is 10.3. The van der Waals surface area contributed by atoms with Crippen LogP contribution in [0.15, 0.2) is 48.7 Å². The molecule has 1 unspecified atom stereocenters. The highest BCUT2D eigenvalue weighted by molar-refractivity contribution is 6.90. The Balaban J connectivity index is 1.27. The van der Waals surface area contributed by atoms with Gasteiger partial charge >= 0.3 is 12.1 Å². The van der Waals surface area contributed by atoms with Crippen LogP contribution in [0, 0.1) is 17.3 Å². The number of anilines is 1. The maximum absolute atomic E-state index is 17.9. The van der Waals surface area contributed by atoms with Crippen LogP contribution in [0.25, 0.3) is 32.9 Å². The second-order valence-electron chi connectivity index (χ2n) is 20.2. The smallest absolute Gasteiger partial charge is 0.410 e. The third-order valence-corrected chi connectivity index (χ3v) is 20.4. The van der Waals surface area contributed by atoms with E-state index in [1.807, 2.05) is 56.0 Å². The average Bonchev–Trinajstić information content (AvgIpc) is 3.84. The molecule has 11 nitrogen and oxygen atoms in total. The lowest BCUT2D eigenvalue weighted by Crippen LogP contribution is -2.57. The highest BCUT2D eigenvalue weighted by atomic mass is 28.3. The molecule has 0 aliphatic carbocycles. The third-order valence-electron chi connectivity index (χ3n) is 14.1. The van der Waals surface area contributed by atoms with E-state index in [1.165, 1.54) is 5.57 Å². The molecule has 0 radical (unpaired) electrons. The van der Waals surface area contributed by atoms with Gasteiger partial charge in [0, 0.05) is 49.5 Å². The van der Waals surface area contributed by atoms with Crippen LogP contribution in [0.5, 0.6) is 11.8 Å². The molecule has 6 heterocycles. The number of ether oxygens (including phenoxy) is 4. The summed E-state index contributed by atoms with van der Waals surface area (Å²) in [6, 6.07) is 9.72. The maximum atomic E-state index is 17.9. The molecular weight excluding hydrogens is 812 g/mol. The van der Waals surface area contributed by atoms with Crippen LogP contribution in [0.2, 0.25) is 16.6 Å². The molecule has 13 heteroatoms. The van der Waals surface area contributed by atoms with Crippen molar-refractivity contribution in [2.45, 2.75) is 134 Å². The zero-order chi connectivity index (χ0) is 45.0. The van der Waals surface area contributed by atoms with Gasteiger partial charge in [0.1, 0.15) is 43.1 Å². The Hall–Kier alpha value is -4.77. The van der Waals surface area contributed by atoms with Gasteiger partial charge in [-0.15, -0.1) is 5.54 Å². The van der Waals surface area contributed by atoms with Crippen LogP contribution >= 0.6 is 0 Å². The van der Waals surface area contributed by atoms with E-state index >= 15 is 4.39 Å². The first kappa shape index (κ1) is 44.8. The van der Waals surface area contributed by atoms with E-state index < -0.39 is 19.5 Å². The summed E-state index contributed by atoms with van der Waals surface area (Å²) >= 11 is 0. The number of methoxy groups -OCH3 is 1. The number of amides is 1. The van der Waals surface area contributed by atoms with Crippen LogP contribution < -0.4 is 14.4 Å². The Morgan fingerprint density at radius 2 is 1.75 bits per heavy atom. The molecule has 4 aromatic rings. The molecule has 63 heavy (non-hydrogen) atoms. The number of fused-ring (bicyclic) bond motifs is 5. The Labute approximate surface area is 373 Å². The fourth-order valence-electron chi connectivity index (χ4n) is 11.4. The Bertz CT molecular complexity index is 2440. The number of hydrogen-bond donors (Lipinski definition) is 0. The highest BCUT2D eigenvalue weighted by Gasteiger charge is 2.48. The summed E-state index contributed by atoms with van der Waals surface area (Å²) in [5, 5.41) is 2.12. The molecule has 8 rings (SSSR count). The maximum Gasteiger partial charge on any atom is 0.410 e. The standard InChI is InChI=1S/C50H65FN6O5Si/c1-31(2)63(32(3)4,33(5)6)21-18-35-14-12-15-36-22-39(61-30-59-11)23-40(42(35)36)44-43(51)45-41(25-52-44)46(54-47(53-45)60-29-50-19-13-20-56(50)26-34(7)24-50)55-27-37-16-17-38(28-55)57(37)48(58)62-49(8,9)10/h12,14-15,22-23,25,31-33,37-38H,7,13,16-17,19-20,24,26-30H2,1-6,8-11H3/t37-,38+,50?. The van der Waals surface area contributed by atoms with E-state index in [1.54, 1.807) is 13.3 Å². The molecular formula is C50H65FN6O5Si. The molecule has 2 aromatic heterocycles. The first-order valence-electron chi connectivity index (χ1n) is 22.8. The van der Waals surface area contributed by atoms with Gasteiger partial charge in [0.15, 0.2) is 12.6 Å².